The van der Waals surface area contributed by atoms with E-state index in [9.17, 15) is 18.0 Å². The van der Waals surface area contributed by atoms with Gasteiger partial charge in [0.05, 0.1) is 12.1 Å². The molecule has 0 saturated carbocycles. The lowest BCUT2D eigenvalue weighted by Crippen LogP contribution is -2.70. The number of nitriles is 1. The molecule has 162 valence electrons. The lowest BCUT2D eigenvalue weighted by atomic mass is 9.98. The standard InChI is InChI=1S/C17H29N7O4S/c1-9-15(20-7-12(6-18)21-9)10(2)22-14(25)8-24-17(26)23-13-4-5-19-11(3)16(13)29(24,27)28/h9-13,15-16,19-21H,4-5,7-8H2,1-3H3,(H,22,25)(H,23,26)/t9?,10-,11?,12?,13?,15?,16?/m0/s1. The monoisotopic (exact) mass is 427 g/mol. The number of hydrogen-bond donors (Lipinski definition) is 5. The number of piperidine rings is 1. The maximum absolute atomic E-state index is 13.0. The Hall–Kier alpha value is -1.94. The zero-order chi connectivity index (χ0) is 21.3. The Morgan fingerprint density at radius 3 is 2.72 bits per heavy atom. The van der Waals surface area contributed by atoms with E-state index in [1.807, 2.05) is 6.92 Å². The molecule has 3 fully saturated rings. The summed E-state index contributed by atoms with van der Waals surface area (Å²) in [6.07, 6.45) is 0.527. The topological polar surface area (TPSA) is 155 Å². The number of fused-ring (bicyclic) bond motifs is 1. The van der Waals surface area contributed by atoms with Crippen LogP contribution in [0.25, 0.3) is 0 Å². The van der Waals surface area contributed by atoms with Crippen LogP contribution in [-0.2, 0) is 14.8 Å². The largest absolute Gasteiger partial charge is 0.350 e. The molecule has 3 heterocycles. The Balaban J connectivity index is 1.64. The average molecular weight is 428 g/mol. The Bertz CT molecular complexity index is 798. The third-order valence-corrected chi connectivity index (χ3v) is 8.26. The highest BCUT2D eigenvalue weighted by Crippen LogP contribution is 2.25. The minimum Gasteiger partial charge on any atom is -0.350 e. The summed E-state index contributed by atoms with van der Waals surface area (Å²) in [6, 6.07) is -0.224. The van der Waals surface area contributed by atoms with E-state index in [0.29, 0.717) is 23.8 Å². The minimum absolute atomic E-state index is 0.0689. The highest BCUT2D eigenvalue weighted by atomic mass is 32.2. The smallest absolute Gasteiger partial charge is 0.331 e. The molecule has 0 aromatic rings. The van der Waals surface area contributed by atoms with Gasteiger partial charge in [-0.2, -0.15) is 5.26 Å². The van der Waals surface area contributed by atoms with Crippen molar-refractivity contribution in [3.05, 3.63) is 0 Å². The first kappa shape index (κ1) is 21.8. The summed E-state index contributed by atoms with van der Waals surface area (Å²) in [5, 5.41) is 23.2. The number of rotatable bonds is 4. The molecule has 3 aliphatic rings. The molecule has 3 rings (SSSR count). The Kier molecular flexibility index (Phi) is 6.33. The highest BCUT2D eigenvalue weighted by molar-refractivity contribution is 7.90. The molecular weight excluding hydrogens is 398 g/mol. The van der Waals surface area contributed by atoms with E-state index >= 15 is 0 Å². The lowest BCUT2D eigenvalue weighted by Gasteiger charge is -2.44. The fourth-order valence-electron chi connectivity index (χ4n) is 4.49. The maximum atomic E-state index is 13.0. The van der Waals surface area contributed by atoms with Crippen LogP contribution in [0.2, 0.25) is 0 Å². The van der Waals surface area contributed by atoms with Gasteiger partial charge in [-0.3, -0.25) is 10.1 Å². The second-order valence-electron chi connectivity index (χ2n) is 8.03. The molecule has 0 radical (unpaired) electrons. The van der Waals surface area contributed by atoms with Gasteiger partial charge in [0.2, 0.25) is 15.9 Å². The zero-order valence-corrected chi connectivity index (χ0v) is 17.6. The SMILES string of the molecule is CC1NC(C#N)CNC1[C@H](C)NC(=O)CN1C(=O)NC2CCNC(C)C2S1(=O)=O. The lowest BCUT2D eigenvalue weighted by molar-refractivity contribution is -0.121. The Labute approximate surface area is 171 Å². The molecule has 0 spiro atoms. The van der Waals surface area contributed by atoms with Crippen molar-refractivity contribution in [2.24, 2.45) is 0 Å². The number of nitrogens with one attached hydrogen (secondary N) is 5. The number of amides is 3. The maximum Gasteiger partial charge on any atom is 0.331 e. The number of carbonyl (C=O) groups excluding carboxylic acids is 2. The summed E-state index contributed by atoms with van der Waals surface area (Å²) in [7, 11) is -3.97. The molecule has 3 aliphatic heterocycles. The van der Waals surface area contributed by atoms with E-state index in [1.54, 1.807) is 13.8 Å². The van der Waals surface area contributed by atoms with E-state index < -0.39 is 39.8 Å². The molecule has 0 aromatic heterocycles. The van der Waals surface area contributed by atoms with Crippen LogP contribution in [-0.4, -0.2) is 85.8 Å². The summed E-state index contributed by atoms with van der Waals surface area (Å²) in [6.45, 7) is 5.98. The normalized spacial score (nSPS) is 37.6. The van der Waals surface area contributed by atoms with Crippen LogP contribution < -0.4 is 26.6 Å². The van der Waals surface area contributed by atoms with Gasteiger partial charge in [-0.25, -0.2) is 17.5 Å². The second-order valence-corrected chi connectivity index (χ2v) is 10.0. The quantitative estimate of drug-likeness (QED) is 0.339. The van der Waals surface area contributed by atoms with Gasteiger partial charge in [-0.05, 0) is 33.7 Å². The Morgan fingerprint density at radius 2 is 2.07 bits per heavy atom. The first-order valence-electron chi connectivity index (χ1n) is 9.89. The van der Waals surface area contributed by atoms with E-state index in [0.717, 1.165) is 0 Å². The van der Waals surface area contributed by atoms with Gasteiger partial charge in [0.25, 0.3) is 0 Å². The number of nitrogens with zero attached hydrogens (tertiary/aromatic N) is 2. The number of hydrogen-bond acceptors (Lipinski definition) is 8. The van der Waals surface area contributed by atoms with Gasteiger partial charge in [0.1, 0.15) is 17.8 Å². The molecular formula is C17H29N7O4S. The van der Waals surface area contributed by atoms with Crippen LogP contribution in [0.1, 0.15) is 27.2 Å². The molecule has 0 aromatic carbocycles. The molecule has 3 amide bonds. The van der Waals surface area contributed by atoms with Gasteiger partial charge >= 0.3 is 6.03 Å². The third-order valence-electron chi connectivity index (χ3n) is 5.93. The van der Waals surface area contributed by atoms with Crippen LogP contribution in [0.5, 0.6) is 0 Å². The minimum atomic E-state index is -3.97. The fraction of sp³-hybridized carbons (Fsp3) is 0.824. The molecule has 11 nitrogen and oxygen atoms in total. The summed E-state index contributed by atoms with van der Waals surface area (Å²) >= 11 is 0. The van der Waals surface area contributed by atoms with Crippen LogP contribution in [0.15, 0.2) is 0 Å². The number of urea groups is 1. The van der Waals surface area contributed by atoms with Crippen molar-refractivity contribution in [3.63, 3.8) is 0 Å². The highest BCUT2D eigenvalue weighted by Gasteiger charge is 2.50. The van der Waals surface area contributed by atoms with Crippen molar-refractivity contribution in [1.82, 2.24) is 30.9 Å². The van der Waals surface area contributed by atoms with Crippen molar-refractivity contribution in [3.8, 4) is 6.07 Å². The molecule has 0 aliphatic carbocycles. The molecule has 12 heteroatoms. The number of piperazine rings is 1. The number of carbonyl (C=O) groups is 2. The average Bonchev–Trinajstić information content (AvgIpc) is 2.64. The van der Waals surface area contributed by atoms with E-state index in [2.05, 4.69) is 32.7 Å². The summed E-state index contributed by atoms with van der Waals surface area (Å²) < 4.78 is 26.6. The van der Waals surface area contributed by atoms with Gasteiger partial charge in [-0.15, -0.1) is 0 Å². The molecule has 6 unspecified atom stereocenters. The second kappa shape index (κ2) is 8.43. The van der Waals surface area contributed by atoms with Crippen molar-refractivity contribution >= 4 is 22.0 Å². The van der Waals surface area contributed by atoms with E-state index in [1.165, 1.54) is 0 Å². The first-order chi connectivity index (χ1) is 13.6. The van der Waals surface area contributed by atoms with Crippen LogP contribution in [0.4, 0.5) is 4.79 Å². The molecule has 5 N–H and O–H groups in total. The molecule has 0 bridgehead atoms. The van der Waals surface area contributed by atoms with Gasteiger partial charge in [0, 0.05) is 30.7 Å². The van der Waals surface area contributed by atoms with Crippen LogP contribution >= 0.6 is 0 Å². The van der Waals surface area contributed by atoms with Crippen molar-refractivity contribution in [2.75, 3.05) is 19.6 Å². The van der Waals surface area contributed by atoms with Crippen LogP contribution in [0, 0.1) is 11.3 Å². The van der Waals surface area contributed by atoms with Gasteiger partial charge in [0.15, 0.2) is 0 Å². The molecule has 7 atom stereocenters. The predicted molar refractivity (Wildman–Crippen MR) is 105 cm³/mol. The molecule has 29 heavy (non-hydrogen) atoms. The van der Waals surface area contributed by atoms with Crippen molar-refractivity contribution in [1.29, 1.82) is 5.26 Å². The van der Waals surface area contributed by atoms with Crippen molar-refractivity contribution < 1.29 is 18.0 Å². The fourth-order valence-corrected chi connectivity index (χ4v) is 6.60. The summed E-state index contributed by atoms with van der Waals surface area (Å²) in [5.41, 5.74) is 0. The third kappa shape index (κ3) is 4.32. The van der Waals surface area contributed by atoms with Crippen molar-refractivity contribution in [2.45, 2.75) is 68.7 Å². The predicted octanol–water partition coefficient (Wildman–Crippen LogP) is -2.19. The Morgan fingerprint density at radius 1 is 1.34 bits per heavy atom. The van der Waals surface area contributed by atoms with Crippen LogP contribution in [0.3, 0.4) is 0 Å². The summed E-state index contributed by atoms with van der Waals surface area (Å²) in [4.78, 5) is 25.0. The first-order valence-corrected chi connectivity index (χ1v) is 11.4. The molecule has 3 saturated heterocycles. The zero-order valence-electron chi connectivity index (χ0n) is 16.8. The summed E-state index contributed by atoms with van der Waals surface area (Å²) in [5.74, 6) is -0.553. The van der Waals surface area contributed by atoms with E-state index in [-0.39, 0.29) is 30.2 Å². The van der Waals surface area contributed by atoms with E-state index in [4.69, 9.17) is 5.26 Å². The van der Waals surface area contributed by atoms with Gasteiger partial charge in [-0.1, -0.05) is 0 Å². The van der Waals surface area contributed by atoms with Gasteiger partial charge < -0.3 is 21.3 Å². The number of sulfonamides is 1.